The van der Waals surface area contributed by atoms with Crippen molar-refractivity contribution < 1.29 is 14.3 Å². The number of nitrogens with zero attached hydrogens (tertiary/aromatic N) is 1. The van der Waals surface area contributed by atoms with Crippen molar-refractivity contribution in [2.24, 2.45) is 0 Å². The number of carbonyl (C=O) groups excluding carboxylic acids is 1. The largest absolute Gasteiger partial charge is 0.391 e. The minimum atomic E-state index is -0.430. The molecule has 1 fully saturated rings. The molecule has 1 amide bonds. The fourth-order valence-corrected chi connectivity index (χ4v) is 3.26. The van der Waals surface area contributed by atoms with Gasteiger partial charge in [-0.2, -0.15) is 0 Å². The molecule has 2 aromatic rings. The van der Waals surface area contributed by atoms with Crippen LogP contribution in [-0.2, 0) is 0 Å². The Hall–Kier alpha value is -1.46. The highest BCUT2D eigenvalue weighted by Gasteiger charge is 2.26. The van der Waals surface area contributed by atoms with Gasteiger partial charge in [0.25, 0.3) is 5.91 Å². The zero-order chi connectivity index (χ0) is 12.7. The van der Waals surface area contributed by atoms with Gasteiger partial charge in [0.05, 0.1) is 11.0 Å². The predicted molar refractivity (Wildman–Crippen MR) is 68.3 cm³/mol. The molecule has 0 bridgehead atoms. The second-order valence-electron chi connectivity index (χ2n) is 4.46. The van der Waals surface area contributed by atoms with E-state index in [1.54, 1.807) is 23.1 Å². The Morgan fingerprint density at radius 1 is 1.50 bits per heavy atom. The zero-order valence-electron chi connectivity index (χ0n) is 9.60. The third kappa shape index (κ3) is 1.89. The van der Waals surface area contributed by atoms with Crippen LogP contribution < -0.4 is 0 Å². The normalized spacial score (nSPS) is 19.7. The number of likely N-dealkylation sites (tertiary alicyclic amines) is 1. The van der Waals surface area contributed by atoms with E-state index in [2.05, 4.69) is 0 Å². The number of aliphatic hydroxyl groups excluding tert-OH is 1. The Morgan fingerprint density at radius 2 is 2.33 bits per heavy atom. The minimum Gasteiger partial charge on any atom is -0.391 e. The van der Waals surface area contributed by atoms with Crippen molar-refractivity contribution in [3.8, 4) is 0 Å². The lowest BCUT2D eigenvalue weighted by Crippen LogP contribution is -2.28. The molecule has 1 N–H and O–H groups in total. The molecule has 1 aromatic heterocycles. The first-order chi connectivity index (χ1) is 8.65. The summed E-state index contributed by atoms with van der Waals surface area (Å²) in [6.07, 6.45) is 0.186. The van der Waals surface area contributed by atoms with Gasteiger partial charge in [0, 0.05) is 23.2 Å². The molecule has 0 unspecified atom stereocenters. The van der Waals surface area contributed by atoms with Gasteiger partial charge in [0.1, 0.15) is 5.82 Å². The van der Waals surface area contributed by atoms with Gasteiger partial charge in [-0.25, -0.2) is 4.39 Å². The molecule has 1 aliphatic rings. The Morgan fingerprint density at radius 3 is 3.00 bits per heavy atom. The molecular formula is C13H12FNO2S. The molecule has 1 atom stereocenters. The summed E-state index contributed by atoms with van der Waals surface area (Å²) >= 11 is 1.29. The van der Waals surface area contributed by atoms with Gasteiger partial charge in [0.15, 0.2) is 0 Å². The number of hydrogen-bond donors (Lipinski definition) is 1. The maximum atomic E-state index is 13.5. The predicted octanol–water partition coefficient (Wildman–Crippen LogP) is 2.25. The van der Waals surface area contributed by atoms with E-state index in [4.69, 9.17) is 0 Å². The Balaban J connectivity index is 1.95. The van der Waals surface area contributed by atoms with Crippen LogP contribution in [-0.4, -0.2) is 35.1 Å². The van der Waals surface area contributed by atoms with Crippen LogP contribution in [0.4, 0.5) is 4.39 Å². The number of aliphatic hydroxyl groups is 1. The van der Waals surface area contributed by atoms with E-state index in [9.17, 15) is 14.3 Å². The van der Waals surface area contributed by atoms with Crippen LogP contribution in [0.3, 0.4) is 0 Å². The summed E-state index contributed by atoms with van der Waals surface area (Å²) < 4.78 is 14.3. The molecule has 0 radical (unpaired) electrons. The molecule has 1 aliphatic heterocycles. The number of rotatable bonds is 1. The summed E-state index contributed by atoms with van der Waals surface area (Å²) in [5.74, 6) is -0.420. The first-order valence-electron chi connectivity index (χ1n) is 5.80. The first-order valence-corrected chi connectivity index (χ1v) is 6.62. The lowest BCUT2D eigenvalue weighted by Gasteiger charge is -2.13. The zero-order valence-corrected chi connectivity index (χ0v) is 10.4. The highest BCUT2D eigenvalue weighted by atomic mass is 32.1. The van der Waals surface area contributed by atoms with Crippen LogP contribution in [0.15, 0.2) is 24.3 Å². The van der Waals surface area contributed by atoms with Gasteiger partial charge in [-0.1, -0.05) is 6.07 Å². The van der Waals surface area contributed by atoms with Crippen LogP contribution >= 0.6 is 11.3 Å². The van der Waals surface area contributed by atoms with Crippen molar-refractivity contribution in [1.29, 1.82) is 0 Å². The van der Waals surface area contributed by atoms with Crippen molar-refractivity contribution in [2.45, 2.75) is 12.5 Å². The number of carbonyl (C=O) groups is 1. The molecule has 94 valence electrons. The molecular weight excluding hydrogens is 253 g/mol. The standard InChI is InChI=1S/C13H12FNO2S/c14-10-2-1-3-11-9(10)6-12(18-11)13(17)15-5-4-8(16)7-15/h1-3,6,8,16H,4-5,7H2/t8-/m0/s1. The molecule has 3 nitrogen and oxygen atoms in total. The van der Waals surface area contributed by atoms with Crippen LogP contribution in [0.5, 0.6) is 0 Å². The number of benzene rings is 1. The monoisotopic (exact) mass is 265 g/mol. The minimum absolute atomic E-state index is 0.118. The van der Waals surface area contributed by atoms with Gasteiger partial charge in [-0.05, 0) is 24.6 Å². The summed E-state index contributed by atoms with van der Waals surface area (Å²) in [6, 6.07) is 6.44. The van der Waals surface area contributed by atoms with E-state index in [1.165, 1.54) is 17.4 Å². The molecule has 0 spiro atoms. The number of β-amino-alcohol motifs (C(OH)–C–C–N with tert-alkyl or cyclic N) is 1. The van der Waals surface area contributed by atoms with Gasteiger partial charge >= 0.3 is 0 Å². The molecule has 3 rings (SSSR count). The number of thiophene rings is 1. The highest BCUT2D eigenvalue weighted by molar-refractivity contribution is 7.20. The van der Waals surface area contributed by atoms with Gasteiger partial charge < -0.3 is 10.0 Å². The summed E-state index contributed by atoms with van der Waals surface area (Å²) in [6.45, 7) is 0.937. The maximum Gasteiger partial charge on any atom is 0.264 e. The molecule has 1 aromatic carbocycles. The van der Waals surface area contributed by atoms with E-state index < -0.39 is 6.10 Å². The average molecular weight is 265 g/mol. The summed E-state index contributed by atoms with van der Waals surface area (Å²) in [5.41, 5.74) is 0. The van der Waals surface area contributed by atoms with Crippen LogP contribution in [0.25, 0.3) is 10.1 Å². The second kappa shape index (κ2) is 4.33. The van der Waals surface area contributed by atoms with Crippen molar-refractivity contribution >= 4 is 27.3 Å². The summed E-state index contributed by atoms with van der Waals surface area (Å²) in [7, 11) is 0. The molecule has 2 heterocycles. The lowest BCUT2D eigenvalue weighted by atomic mass is 10.2. The topological polar surface area (TPSA) is 40.5 Å². The smallest absolute Gasteiger partial charge is 0.264 e. The summed E-state index contributed by atoms with van der Waals surface area (Å²) in [5, 5.41) is 9.92. The Bertz CT molecular complexity index is 610. The first kappa shape index (κ1) is 11.6. The van der Waals surface area contributed by atoms with Crippen LogP contribution in [0.1, 0.15) is 16.1 Å². The SMILES string of the molecule is O=C(c1cc2c(F)cccc2s1)N1CC[C@H](O)C1. The second-order valence-corrected chi connectivity index (χ2v) is 5.54. The van der Waals surface area contributed by atoms with E-state index in [0.717, 1.165) is 4.70 Å². The Labute approximate surface area is 107 Å². The van der Waals surface area contributed by atoms with Crippen molar-refractivity contribution in [3.63, 3.8) is 0 Å². The molecule has 0 saturated carbocycles. The van der Waals surface area contributed by atoms with E-state index in [1.807, 2.05) is 0 Å². The summed E-state index contributed by atoms with van der Waals surface area (Å²) in [4.78, 5) is 14.3. The van der Waals surface area contributed by atoms with Crippen molar-refractivity contribution in [1.82, 2.24) is 4.90 Å². The quantitative estimate of drug-likeness (QED) is 0.859. The van der Waals surface area contributed by atoms with Gasteiger partial charge in [-0.3, -0.25) is 4.79 Å². The van der Waals surface area contributed by atoms with Gasteiger partial charge in [0.2, 0.25) is 0 Å². The van der Waals surface area contributed by atoms with E-state index >= 15 is 0 Å². The number of halogens is 1. The number of fused-ring (bicyclic) bond motifs is 1. The fourth-order valence-electron chi connectivity index (χ4n) is 2.21. The third-order valence-electron chi connectivity index (χ3n) is 3.17. The van der Waals surface area contributed by atoms with Crippen molar-refractivity contribution in [2.75, 3.05) is 13.1 Å². The van der Waals surface area contributed by atoms with Crippen molar-refractivity contribution in [3.05, 3.63) is 35.0 Å². The molecule has 1 saturated heterocycles. The molecule has 5 heteroatoms. The highest BCUT2D eigenvalue weighted by Crippen LogP contribution is 2.29. The average Bonchev–Trinajstić information content (AvgIpc) is 2.95. The lowest BCUT2D eigenvalue weighted by molar-refractivity contribution is 0.0770. The third-order valence-corrected chi connectivity index (χ3v) is 4.26. The van der Waals surface area contributed by atoms with Crippen LogP contribution in [0.2, 0.25) is 0 Å². The van der Waals surface area contributed by atoms with Gasteiger partial charge in [-0.15, -0.1) is 11.3 Å². The van der Waals surface area contributed by atoms with E-state index in [0.29, 0.717) is 29.8 Å². The van der Waals surface area contributed by atoms with E-state index in [-0.39, 0.29) is 11.7 Å². The number of hydrogen-bond acceptors (Lipinski definition) is 3. The van der Waals surface area contributed by atoms with Crippen LogP contribution in [0, 0.1) is 5.82 Å². The fraction of sp³-hybridized carbons (Fsp3) is 0.308. The Kier molecular flexibility index (Phi) is 2.80. The molecule has 0 aliphatic carbocycles. The molecule has 18 heavy (non-hydrogen) atoms. The maximum absolute atomic E-state index is 13.5. The number of amides is 1.